The average molecular weight is 310 g/mol. The zero-order chi connectivity index (χ0) is 16.1. The Balaban J connectivity index is 1.83. The van der Waals surface area contributed by atoms with E-state index >= 15 is 0 Å². The third-order valence-electron chi connectivity index (χ3n) is 3.09. The van der Waals surface area contributed by atoms with Crippen molar-refractivity contribution in [3.05, 3.63) is 30.6 Å². The summed E-state index contributed by atoms with van der Waals surface area (Å²) in [5.41, 5.74) is 6.13. The summed E-state index contributed by atoms with van der Waals surface area (Å²) in [6.45, 7) is 4.64. The third-order valence-corrected chi connectivity index (χ3v) is 3.09. The normalized spacial score (nSPS) is 11.0. The van der Waals surface area contributed by atoms with Gasteiger partial charge in [0, 0.05) is 18.4 Å². The minimum absolute atomic E-state index is 0.493. The Morgan fingerprint density at radius 2 is 1.96 bits per heavy atom. The van der Waals surface area contributed by atoms with Crippen LogP contribution in [-0.2, 0) is 0 Å². The summed E-state index contributed by atoms with van der Waals surface area (Å²) in [7, 11) is 0. The van der Waals surface area contributed by atoms with Gasteiger partial charge in [0.25, 0.3) is 0 Å². The Bertz CT molecular complexity index is 806. The van der Waals surface area contributed by atoms with Crippen LogP contribution in [0.1, 0.15) is 13.8 Å². The predicted molar refractivity (Wildman–Crippen MR) is 93.4 cm³/mol. The minimum atomic E-state index is 0.493. The van der Waals surface area contributed by atoms with Gasteiger partial charge in [0.2, 0.25) is 5.95 Å². The Morgan fingerprint density at radius 3 is 2.70 bits per heavy atom. The number of rotatable bonds is 6. The van der Waals surface area contributed by atoms with E-state index < -0.39 is 0 Å². The van der Waals surface area contributed by atoms with Crippen LogP contribution in [-0.4, -0.2) is 32.7 Å². The summed E-state index contributed by atoms with van der Waals surface area (Å²) in [5.74, 6) is 1.22. The zero-order valence-corrected chi connectivity index (χ0v) is 13.0. The van der Waals surface area contributed by atoms with Crippen LogP contribution in [0.2, 0.25) is 0 Å². The number of hydrazone groups is 1. The number of anilines is 4. The van der Waals surface area contributed by atoms with E-state index in [-0.39, 0.29) is 0 Å². The summed E-state index contributed by atoms with van der Waals surface area (Å²) in [6.07, 6.45) is 3.31. The fraction of sp³-hybridized carbons (Fsp3) is 0.200. The highest BCUT2D eigenvalue weighted by molar-refractivity contribution is 5.84. The highest BCUT2D eigenvalue weighted by Crippen LogP contribution is 2.21. The summed E-state index contributed by atoms with van der Waals surface area (Å²) in [4.78, 5) is 16.1. The molecular weight excluding hydrogens is 292 g/mol. The third kappa shape index (κ3) is 3.37. The molecular formula is C15H18N8. The number of nitrogens with one attached hydrogen (secondary N) is 4. The number of fused-ring (bicyclic) bond motifs is 1. The summed E-state index contributed by atoms with van der Waals surface area (Å²) >= 11 is 0. The van der Waals surface area contributed by atoms with Crippen molar-refractivity contribution in [2.45, 2.75) is 13.8 Å². The van der Waals surface area contributed by atoms with Gasteiger partial charge in [0.1, 0.15) is 5.52 Å². The Hall–Kier alpha value is -3.16. The average Bonchev–Trinajstić information content (AvgIpc) is 3.03. The van der Waals surface area contributed by atoms with Gasteiger partial charge in [-0.2, -0.15) is 15.1 Å². The number of H-pyrrole nitrogens is 1. The van der Waals surface area contributed by atoms with E-state index in [1.54, 1.807) is 12.5 Å². The van der Waals surface area contributed by atoms with Crippen LogP contribution >= 0.6 is 0 Å². The molecule has 0 amide bonds. The first-order valence-corrected chi connectivity index (χ1v) is 7.36. The van der Waals surface area contributed by atoms with Gasteiger partial charge in [-0.05, 0) is 38.1 Å². The molecule has 0 radical (unpaired) electrons. The molecule has 0 spiro atoms. The molecule has 0 unspecified atom stereocenters. The molecule has 3 aromatic rings. The summed E-state index contributed by atoms with van der Waals surface area (Å²) < 4.78 is 0. The van der Waals surface area contributed by atoms with Crippen molar-refractivity contribution < 1.29 is 0 Å². The van der Waals surface area contributed by atoms with Gasteiger partial charge in [-0.3, -0.25) is 5.43 Å². The van der Waals surface area contributed by atoms with E-state index in [1.165, 1.54) is 0 Å². The Labute approximate surface area is 133 Å². The minimum Gasteiger partial charge on any atom is -0.368 e. The number of hydrogen-bond donors (Lipinski definition) is 4. The SMILES string of the molecule is C/C=N/Nc1ccc(Nc2nc(NCC)c3[nH]cnc3n2)cc1. The lowest BCUT2D eigenvalue weighted by Gasteiger charge is -2.09. The van der Waals surface area contributed by atoms with Crippen molar-refractivity contribution in [1.82, 2.24) is 19.9 Å². The molecule has 0 aliphatic rings. The number of benzene rings is 1. The molecule has 3 rings (SSSR count). The smallest absolute Gasteiger partial charge is 0.231 e. The molecule has 0 saturated carbocycles. The van der Waals surface area contributed by atoms with E-state index in [0.717, 1.165) is 29.3 Å². The van der Waals surface area contributed by atoms with Gasteiger partial charge in [0.05, 0.1) is 12.0 Å². The lowest BCUT2D eigenvalue weighted by Crippen LogP contribution is -2.04. The van der Waals surface area contributed by atoms with Gasteiger partial charge in [-0.25, -0.2) is 4.98 Å². The monoisotopic (exact) mass is 310 g/mol. The topological polar surface area (TPSA) is 103 Å². The molecule has 1 aromatic carbocycles. The molecule has 0 saturated heterocycles. The summed E-state index contributed by atoms with van der Waals surface area (Å²) in [6, 6.07) is 7.71. The first kappa shape index (κ1) is 14.8. The van der Waals surface area contributed by atoms with Crippen molar-refractivity contribution in [1.29, 1.82) is 0 Å². The molecule has 23 heavy (non-hydrogen) atoms. The van der Waals surface area contributed by atoms with E-state index in [4.69, 9.17) is 0 Å². The molecule has 2 heterocycles. The lowest BCUT2D eigenvalue weighted by atomic mass is 10.3. The molecule has 0 aliphatic carbocycles. The zero-order valence-electron chi connectivity index (χ0n) is 13.0. The molecule has 0 aliphatic heterocycles. The highest BCUT2D eigenvalue weighted by Gasteiger charge is 2.09. The van der Waals surface area contributed by atoms with Gasteiger partial charge in [-0.1, -0.05) is 0 Å². The molecule has 0 bridgehead atoms. The van der Waals surface area contributed by atoms with Crippen molar-refractivity contribution in [2.75, 3.05) is 22.6 Å². The quantitative estimate of drug-likeness (QED) is 0.412. The standard InChI is InChI=1S/C15H18N8/c1-3-16-13-12-14(18-9-17-12)22-15(21-13)20-10-5-7-11(8-6-10)23-19-4-2/h4-9,23H,3H2,1-2H3,(H3,16,17,18,20,21,22)/b19-4+. The number of imidazole rings is 1. The van der Waals surface area contributed by atoms with Crippen LogP contribution in [0, 0.1) is 0 Å². The summed E-state index contributed by atoms with van der Waals surface area (Å²) in [5, 5.41) is 10.4. The Morgan fingerprint density at radius 1 is 1.17 bits per heavy atom. The van der Waals surface area contributed by atoms with Crippen LogP contribution in [0.3, 0.4) is 0 Å². The van der Waals surface area contributed by atoms with E-state index in [0.29, 0.717) is 11.6 Å². The molecule has 8 heteroatoms. The van der Waals surface area contributed by atoms with Gasteiger partial charge >= 0.3 is 0 Å². The van der Waals surface area contributed by atoms with Crippen LogP contribution in [0.4, 0.5) is 23.1 Å². The van der Waals surface area contributed by atoms with Crippen LogP contribution in [0.15, 0.2) is 35.7 Å². The van der Waals surface area contributed by atoms with Gasteiger partial charge in [0.15, 0.2) is 11.5 Å². The Kier molecular flexibility index (Phi) is 4.32. The van der Waals surface area contributed by atoms with Crippen LogP contribution < -0.4 is 16.1 Å². The number of nitrogens with zero attached hydrogens (tertiary/aromatic N) is 4. The second-order valence-electron chi connectivity index (χ2n) is 4.73. The number of hydrogen-bond acceptors (Lipinski definition) is 7. The van der Waals surface area contributed by atoms with Crippen molar-refractivity contribution >= 4 is 40.5 Å². The maximum Gasteiger partial charge on any atom is 0.231 e. The van der Waals surface area contributed by atoms with Crippen molar-refractivity contribution in [3.63, 3.8) is 0 Å². The largest absolute Gasteiger partial charge is 0.368 e. The van der Waals surface area contributed by atoms with Crippen LogP contribution in [0.5, 0.6) is 0 Å². The molecule has 2 aromatic heterocycles. The van der Waals surface area contributed by atoms with Crippen LogP contribution in [0.25, 0.3) is 11.2 Å². The lowest BCUT2D eigenvalue weighted by molar-refractivity contribution is 1.13. The van der Waals surface area contributed by atoms with Crippen molar-refractivity contribution in [3.8, 4) is 0 Å². The van der Waals surface area contributed by atoms with E-state index in [1.807, 2.05) is 38.1 Å². The second kappa shape index (κ2) is 6.73. The predicted octanol–water partition coefficient (Wildman–Crippen LogP) is 2.95. The molecule has 0 atom stereocenters. The fourth-order valence-electron chi connectivity index (χ4n) is 2.08. The second-order valence-corrected chi connectivity index (χ2v) is 4.73. The van der Waals surface area contributed by atoms with Gasteiger partial charge < -0.3 is 15.6 Å². The molecule has 118 valence electrons. The first-order valence-electron chi connectivity index (χ1n) is 7.36. The van der Waals surface area contributed by atoms with E-state index in [2.05, 4.69) is 41.1 Å². The fourth-order valence-corrected chi connectivity index (χ4v) is 2.08. The van der Waals surface area contributed by atoms with E-state index in [9.17, 15) is 0 Å². The highest BCUT2D eigenvalue weighted by atomic mass is 15.3. The number of aromatic nitrogens is 4. The first-order chi connectivity index (χ1) is 11.3. The maximum absolute atomic E-state index is 4.49. The molecule has 4 N–H and O–H groups in total. The van der Waals surface area contributed by atoms with Gasteiger partial charge in [-0.15, -0.1) is 0 Å². The maximum atomic E-state index is 4.49. The number of aromatic amines is 1. The van der Waals surface area contributed by atoms with Crippen molar-refractivity contribution in [2.24, 2.45) is 5.10 Å². The molecule has 0 fully saturated rings. The molecule has 8 nitrogen and oxygen atoms in total.